The Morgan fingerprint density at radius 1 is 0.510 bits per heavy atom. The summed E-state index contributed by atoms with van der Waals surface area (Å²) in [5, 5.41) is 0. The molecular formula is C40H32O9. The van der Waals surface area contributed by atoms with Crippen molar-refractivity contribution in [3.63, 3.8) is 0 Å². The summed E-state index contributed by atoms with van der Waals surface area (Å²) in [6.45, 7) is 20.4. The predicted molar refractivity (Wildman–Crippen MR) is 183 cm³/mol. The Bertz CT molecular complexity index is 2000. The molecule has 9 heteroatoms. The molecular weight excluding hydrogens is 624 g/mol. The molecule has 0 aliphatic rings. The van der Waals surface area contributed by atoms with E-state index in [1.54, 1.807) is 55.5 Å². The van der Waals surface area contributed by atoms with Gasteiger partial charge < -0.3 is 23.7 Å². The van der Waals surface area contributed by atoms with Crippen LogP contribution in [0.5, 0.6) is 23.0 Å². The van der Waals surface area contributed by atoms with Gasteiger partial charge in [0.25, 0.3) is 0 Å². The van der Waals surface area contributed by atoms with Crippen LogP contribution in [0.2, 0.25) is 0 Å². The Morgan fingerprint density at radius 2 is 0.898 bits per heavy atom. The van der Waals surface area contributed by atoms with Crippen LogP contribution in [0.15, 0.2) is 122 Å². The lowest BCUT2D eigenvalue weighted by molar-refractivity contribution is -0.134. The van der Waals surface area contributed by atoms with Gasteiger partial charge in [-0.15, -0.1) is 0 Å². The summed E-state index contributed by atoms with van der Waals surface area (Å²) in [7, 11) is 0. The molecule has 0 radical (unpaired) electrons. The van der Waals surface area contributed by atoms with E-state index in [4.69, 9.17) is 23.7 Å². The molecule has 3 aromatic carbocycles. The highest BCUT2D eigenvalue weighted by molar-refractivity contribution is 5.91. The van der Waals surface area contributed by atoms with Crippen molar-refractivity contribution in [2.24, 2.45) is 0 Å². The lowest BCUT2D eigenvalue weighted by atomic mass is 10.1. The average molecular weight is 657 g/mol. The number of benzene rings is 3. The largest absolute Gasteiger partial charge is 0.462 e. The molecule has 0 aliphatic carbocycles. The number of ether oxygens (including phenoxy) is 5. The van der Waals surface area contributed by atoms with Gasteiger partial charge in [-0.25, -0.2) is 19.2 Å². The third-order valence-electron chi connectivity index (χ3n) is 5.92. The van der Waals surface area contributed by atoms with Crippen molar-refractivity contribution in [2.45, 2.75) is 27.7 Å². The standard InChI is InChI=1S/C40H32O9/c1-25(2)37(41)46-22-21-45-33-17-11-29(12-18-33)9-15-31-23-36(49-40(44)28(7)8)32(24-35(31)48-39(43)27(5)6)16-10-30-13-19-34(20-14-30)47-38(42)26(3)4/h11-14,17-24H,1,3,5,7H2,2,4,6,8H3/b22-21+. The van der Waals surface area contributed by atoms with Gasteiger partial charge in [0.05, 0.1) is 11.1 Å². The van der Waals surface area contributed by atoms with Gasteiger partial charge in [-0.1, -0.05) is 50.0 Å². The summed E-state index contributed by atoms with van der Waals surface area (Å²) in [6, 6.07) is 16.0. The maximum atomic E-state index is 12.6. The predicted octanol–water partition coefficient (Wildman–Crippen LogP) is 6.90. The van der Waals surface area contributed by atoms with Crippen molar-refractivity contribution in [1.29, 1.82) is 0 Å². The molecule has 0 bridgehead atoms. The van der Waals surface area contributed by atoms with Gasteiger partial charge in [0.2, 0.25) is 0 Å². The molecule has 3 aromatic rings. The zero-order valence-electron chi connectivity index (χ0n) is 27.4. The topological polar surface area (TPSA) is 114 Å². The fourth-order valence-electron chi connectivity index (χ4n) is 3.29. The quantitative estimate of drug-likeness (QED) is 0.0756. The second-order valence-corrected chi connectivity index (χ2v) is 10.5. The van der Waals surface area contributed by atoms with Crippen LogP contribution in [0, 0.1) is 23.7 Å². The van der Waals surface area contributed by atoms with E-state index < -0.39 is 23.9 Å². The highest BCUT2D eigenvalue weighted by atomic mass is 16.6. The second kappa shape index (κ2) is 17.2. The molecule has 0 atom stereocenters. The lowest BCUT2D eigenvalue weighted by Crippen LogP contribution is -2.12. The zero-order chi connectivity index (χ0) is 36.1. The van der Waals surface area contributed by atoms with Crippen molar-refractivity contribution in [3.8, 4) is 46.7 Å². The number of hydrogen-bond donors (Lipinski definition) is 0. The minimum Gasteiger partial charge on any atom is -0.462 e. The molecule has 0 saturated heterocycles. The van der Waals surface area contributed by atoms with Crippen molar-refractivity contribution < 1.29 is 42.9 Å². The van der Waals surface area contributed by atoms with E-state index in [1.165, 1.54) is 39.2 Å². The molecule has 0 fully saturated rings. The number of carbonyl (C=O) groups is 4. The first kappa shape index (κ1) is 36.6. The summed E-state index contributed by atoms with van der Waals surface area (Å²) in [4.78, 5) is 48.4. The minimum absolute atomic E-state index is 0.0508. The van der Waals surface area contributed by atoms with E-state index >= 15 is 0 Å². The van der Waals surface area contributed by atoms with Crippen LogP contribution < -0.4 is 18.9 Å². The van der Waals surface area contributed by atoms with Gasteiger partial charge in [-0.2, -0.15) is 0 Å². The van der Waals surface area contributed by atoms with Crippen LogP contribution in [0.25, 0.3) is 0 Å². The summed E-state index contributed by atoms with van der Waals surface area (Å²) in [6.07, 6.45) is 2.31. The monoisotopic (exact) mass is 656 g/mol. The number of hydrogen-bond acceptors (Lipinski definition) is 9. The third-order valence-corrected chi connectivity index (χ3v) is 5.92. The molecule has 49 heavy (non-hydrogen) atoms. The van der Waals surface area contributed by atoms with Gasteiger partial charge in [0.15, 0.2) is 0 Å². The minimum atomic E-state index is -0.698. The van der Waals surface area contributed by atoms with E-state index in [2.05, 4.69) is 50.0 Å². The van der Waals surface area contributed by atoms with Crippen LogP contribution in [0.4, 0.5) is 0 Å². The van der Waals surface area contributed by atoms with Crippen LogP contribution >= 0.6 is 0 Å². The average Bonchev–Trinajstić information content (AvgIpc) is 3.06. The van der Waals surface area contributed by atoms with Crippen LogP contribution in [0.3, 0.4) is 0 Å². The van der Waals surface area contributed by atoms with Gasteiger partial charge in [-0.05, 0) is 76.2 Å². The Morgan fingerprint density at radius 3 is 1.31 bits per heavy atom. The third kappa shape index (κ3) is 11.5. The molecule has 0 saturated carbocycles. The van der Waals surface area contributed by atoms with Crippen molar-refractivity contribution >= 4 is 23.9 Å². The Hall–Kier alpha value is -6.84. The first-order chi connectivity index (χ1) is 23.2. The molecule has 3 rings (SSSR count). The van der Waals surface area contributed by atoms with Crippen LogP contribution in [-0.4, -0.2) is 23.9 Å². The van der Waals surface area contributed by atoms with E-state index in [1.807, 2.05) is 0 Å². The SMILES string of the molecule is C=C(C)C(=O)O/C=C/Oc1ccc(C#Cc2cc(OC(=O)C(=C)C)c(C#Cc3ccc(OC(=O)C(=C)C)cc3)cc2OC(=O)C(=C)C)cc1. The number of esters is 4. The lowest BCUT2D eigenvalue weighted by Gasteiger charge is -2.12. The summed E-state index contributed by atoms with van der Waals surface area (Å²) >= 11 is 0. The van der Waals surface area contributed by atoms with E-state index in [0.717, 1.165) is 6.26 Å². The highest BCUT2D eigenvalue weighted by Crippen LogP contribution is 2.30. The van der Waals surface area contributed by atoms with Gasteiger partial charge >= 0.3 is 23.9 Å². The molecule has 0 amide bonds. The Balaban J connectivity index is 1.99. The zero-order valence-corrected chi connectivity index (χ0v) is 27.4. The summed E-state index contributed by atoms with van der Waals surface area (Å²) < 4.78 is 26.6. The Labute approximate surface area is 284 Å². The number of rotatable bonds is 10. The Kier molecular flexibility index (Phi) is 12.8. The van der Waals surface area contributed by atoms with Crippen LogP contribution in [0.1, 0.15) is 49.9 Å². The molecule has 0 aromatic heterocycles. The first-order valence-electron chi connectivity index (χ1n) is 14.5. The molecule has 0 unspecified atom stereocenters. The van der Waals surface area contributed by atoms with E-state index in [-0.39, 0.29) is 44.9 Å². The molecule has 0 N–H and O–H groups in total. The molecule has 0 spiro atoms. The molecule has 246 valence electrons. The highest BCUT2D eigenvalue weighted by Gasteiger charge is 2.17. The van der Waals surface area contributed by atoms with Gasteiger partial charge in [-0.3, -0.25) is 0 Å². The maximum Gasteiger partial charge on any atom is 0.338 e. The normalized spacial score (nSPS) is 9.88. The van der Waals surface area contributed by atoms with Gasteiger partial charge in [0, 0.05) is 45.6 Å². The maximum absolute atomic E-state index is 12.6. The molecule has 0 aliphatic heterocycles. The van der Waals surface area contributed by atoms with Gasteiger partial charge in [0.1, 0.15) is 35.5 Å². The molecule has 9 nitrogen and oxygen atoms in total. The van der Waals surface area contributed by atoms with Crippen molar-refractivity contribution in [2.75, 3.05) is 0 Å². The van der Waals surface area contributed by atoms with Crippen LogP contribution in [-0.2, 0) is 23.9 Å². The van der Waals surface area contributed by atoms with E-state index in [0.29, 0.717) is 22.6 Å². The fraction of sp³-hybridized carbons (Fsp3) is 0.100. The number of carbonyl (C=O) groups excluding carboxylic acids is 4. The smallest absolute Gasteiger partial charge is 0.338 e. The van der Waals surface area contributed by atoms with Crippen molar-refractivity contribution in [3.05, 3.63) is 144 Å². The summed E-state index contributed by atoms with van der Waals surface area (Å²) in [5.41, 5.74) is 2.36. The summed E-state index contributed by atoms with van der Waals surface area (Å²) in [5.74, 6) is 10.2. The first-order valence-corrected chi connectivity index (χ1v) is 14.5. The molecule has 0 heterocycles. The second-order valence-electron chi connectivity index (χ2n) is 10.5. The van der Waals surface area contributed by atoms with Crippen molar-refractivity contribution in [1.82, 2.24) is 0 Å². The fourth-order valence-corrected chi connectivity index (χ4v) is 3.29. The van der Waals surface area contributed by atoms with E-state index in [9.17, 15) is 19.2 Å².